The summed E-state index contributed by atoms with van der Waals surface area (Å²) >= 11 is 12.1. The quantitative estimate of drug-likeness (QED) is 0.480. The minimum atomic E-state index is -4.03. The molecule has 0 aromatic heterocycles. The highest BCUT2D eigenvalue weighted by Gasteiger charge is 2.27. The van der Waals surface area contributed by atoms with Crippen molar-refractivity contribution < 1.29 is 17.9 Å². The van der Waals surface area contributed by atoms with Crippen LogP contribution in [0, 0.1) is 0 Å². The van der Waals surface area contributed by atoms with Gasteiger partial charge in [0.05, 0.1) is 27.9 Å². The maximum absolute atomic E-state index is 13.4. The van der Waals surface area contributed by atoms with Gasteiger partial charge in [0, 0.05) is 5.02 Å². The van der Waals surface area contributed by atoms with Gasteiger partial charge in [-0.2, -0.15) is 0 Å². The predicted octanol–water partition coefficient (Wildman–Crippen LogP) is 5.23. The zero-order valence-corrected chi connectivity index (χ0v) is 18.9. The van der Waals surface area contributed by atoms with Crippen molar-refractivity contribution in [2.75, 3.05) is 22.8 Å². The van der Waals surface area contributed by atoms with Gasteiger partial charge in [-0.05, 0) is 61.5 Å². The summed E-state index contributed by atoms with van der Waals surface area (Å²) in [5.41, 5.74) is 0.648. The van der Waals surface area contributed by atoms with Gasteiger partial charge < -0.3 is 10.1 Å². The molecule has 0 saturated heterocycles. The first-order chi connectivity index (χ1) is 14.8. The maximum Gasteiger partial charge on any atom is 0.264 e. The average Bonchev–Trinajstić information content (AvgIpc) is 2.76. The number of nitrogens with one attached hydrogen (secondary N) is 1. The van der Waals surface area contributed by atoms with Crippen molar-refractivity contribution in [3.63, 3.8) is 0 Å². The fourth-order valence-corrected chi connectivity index (χ4v) is 4.58. The molecule has 31 heavy (non-hydrogen) atoms. The van der Waals surface area contributed by atoms with Crippen molar-refractivity contribution in [1.82, 2.24) is 0 Å². The topological polar surface area (TPSA) is 75.7 Å². The number of sulfonamides is 1. The highest BCUT2D eigenvalue weighted by molar-refractivity contribution is 7.92. The van der Waals surface area contributed by atoms with E-state index in [4.69, 9.17) is 27.9 Å². The fraction of sp³-hybridized carbons (Fsp3) is 0.136. The van der Waals surface area contributed by atoms with Crippen LogP contribution in [0.15, 0.2) is 77.7 Å². The van der Waals surface area contributed by atoms with Crippen LogP contribution >= 0.6 is 23.2 Å². The predicted molar refractivity (Wildman–Crippen MR) is 124 cm³/mol. The number of nitrogens with zero attached hydrogens (tertiary/aromatic N) is 1. The molecule has 0 aliphatic heterocycles. The van der Waals surface area contributed by atoms with Crippen molar-refractivity contribution in [3.05, 3.63) is 82.8 Å². The largest absolute Gasteiger partial charge is 0.494 e. The lowest BCUT2D eigenvalue weighted by atomic mass is 10.3. The Morgan fingerprint density at radius 2 is 1.68 bits per heavy atom. The van der Waals surface area contributed by atoms with Crippen molar-refractivity contribution in [3.8, 4) is 5.75 Å². The van der Waals surface area contributed by atoms with E-state index >= 15 is 0 Å². The molecule has 0 fully saturated rings. The molecule has 3 aromatic carbocycles. The number of ether oxygens (including phenoxy) is 1. The van der Waals surface area contributed by atoms with E-state index in [0.717, 1.165) is 4.31 Å². The van der Waals surface area contributed by atoms with Crippen LogP contribution in [-0.4, -0.2) is 27.5 Å². The van der Waals surface area contributed by atoms with Gasteiger partial charge in [-0.1, -0.05) is 41.4 Å². The standard InChI is InChI=1S/C22H20Cl2N2O4S/c1-2-30-18-9-11-19(12-10-18)31(28,29)26(17-6-4-3-5-7-17)15-22(27)25-21-14-16(23)8-13-20(21)24/h3-14H,2,15H2,1H3,(H,25,27). The highest BCUT2D eigenvalue weighted by atomic mass is 35.5. The third-order valence-electron chi connectivity index (χ3n) is 4.26. The Hall–Kier alpha value is -2.74. The number of hydrogen-bond donors (Lipinski definition) is 1. The molecular weight excluding hydrogens is 459 g/mol. The number of rotatable bonds is 8. The van der Waals surface area contributed by atoms with Gasteiger partial charge in [0.1, 0.15) is 12.3 Å². The summed E-state index contributed by atoms with van der Waals surface area (Å²) in [6.07, 6.45) is 0. The molecule has 0 radical (unpaired) electrons. The second kappa shape index (κ2) is 10.0. The van der Waals surface area contributed by atoms with E-state index in [2.05, 4.69) is 5.32 Å². The zero-order valence-electron chi connectivity index (χ0n) is 16.6. The van der Waals surface area contributed by atoms with Crippen molar-refractivity contribution >= 4 is 50.5 Å². The fourth-order valence-electron chi connectivity index (χ4n) is 2.82. The summed E-state index contributed by atoms with van der Waals surface area (Å²) in [7, 11) is -4.03. The lowest BCUT2D eigenvalue weighted by Crippen LogP contribution is -2.38. The number of para-hydroxylation sites is 1. The average molecular weight is 479 g/mol. The van der Waals surface area contributed by atoms with E-state index in [1.165, 1.54) is 18.2 Å². The molecule has 0 spiro atoms. The van der Waals surface area contributed by atoms with E-state index in [-0.39, 0.29) is 4.90 Å². The molecule has 0 aliphatic carbocycles. The molecule has 0 atom stereocenters. The summed E-state index contributed by atoms with van der Waals surface area (Å²) in [5.74, 6) is -0.0106. The molecule has 9 heteroatoms. The van der Waals surface area contributed by atoms with Crippen LogP contribution in [0.25, 0.3) is 0 Å². The highest BCUT2D eigenvalue weighted by Crippen LogP contribution is 2.27. The van der Waals surface area contributed by atoms with Gasteiger partial charge in [0.25, 0.3) is 10.0 Å². The molecule has 1 amide bonds. The molecule has 0 unspecified atom stereocenters. The van der Waals surface area contributed by atoms with Crippen LogP contribution in [0.1, 0.15) is 6.92 Å². The molecule has 3 rings (SSSR count). The van der Waals surface area contributed by atoms with E-state index in [1.54, 1.807) is 54.6 Å². The van der Waals surface area contributed by atoms with Crippen LogP contribution in [0.2, 0.25) is 10.0 Å². The molecule has 0 aliphatic rings. The summed E-state index contributed by atoms with van der Waals surface area (Å²) < 4.78 is 33.2. The van der Waals surface area contributed by atoms with Gasteiger partial charge in [0.2, 0.25) is 5.91 Å². The first-order valence-corrected chi connectivity index (χ1v) is 11.6. The molecular formula is C22H20Cl2N2O4S. The Balaban J connectivity index is 1.91. The molecule has 3 aromatic rings. The van der Waals surface area contributed by atoms with Crippen molar-refractivity contribution in [2.45, 2.75) is 11.8 Å². The number of carbonyl (C=O) groups is 1. The summed E-state index contributed by atoms with van der Waals surface area (Å²) in [4.78, 5) is 12.8. The van der Waals surface area contributed by atoms with E-state index in [1.807, 2.05) is 6.92 Å². The van der Waals surface area contributed by atoms with E-state index in [0.29, 0.717) is 33.8 Å². The number of carbonyl (C=O) groups excluding carboxylic acids is 1. The normalized spacial score (nSPS) is 11.1. The Labute approximate surface area is 191 Å². The first-order valence-electron chi connectivity index (χ1n) is 9.37. The third-order valence-corrected chi connectivity index (χ3v) is 6.61. The second-order valence-corrected chi connectivity index (χ2v) is 9.13. The summed E-state index contributed by atoms with van der Waals surface area (Å²) in [5, 5.41) is 3.30. The molecule has 6 nitrogen and oxygen atoms in total. The maximum atomic E-state index is 13.4. The second-order valence-electron chi connectivity index (χ2n) is 6.42. The Bertz CT molecular complexity index is 1150. The Kier molecular flexibility index (Phi) is 7.43. The van der Waals surface area contributed by atoms with Gasteiger partial charge >= 0.3 is 0 Å². The number of amides is 1. The monoisotopic (exact) mass is 478 g/mol. The lowest BCUT2D eigenvalue weighted by molar-refractivity contribution is -0.114. The van der Waals surface area contributed by atoms with Crippen LogP contribution in [-0.2, 0) is 14.8 Å². The van der Waals surface area contributed by atoms with E-state index in [9.17, 15) is 13.2 Å². The zero-order chi connectivity index (χ0) is 22.4. The van der Waals surface area contributed by atoms with Gasteiger partial charge in [-0.15, -0.1) is 0 Å². The Morgan fingerprint density at radius 3 is 2.32 bits per heavy atom. The summed E-state index contributed by atoms with van der Waals surface area (Å²) in [6, 6.07) is 19.1. The lowest BCUT2D eigenvalue weighted by Gasteiger charge is -2.24. The molecule has 0 saturated carbocycles. The van der Waals surface area contributed by atoms with Gasteiger partial charge in [0.15, 0.2) is 0 Å². The summed E-state index contributed by atoms with van der Waals surface area (Å²) in [6.45, 7) is 1.85. The number of halogens is 2. The molecule has 0 bridgehead atoms. The minimum Gasteiger partial charge on any atom is -0.494 e. The first kappa shape index (κ1) is 22.9. The van der Waals surface area contributed by atoms with Crippen LogP contribution < -0.4 is 14.4 Å². The third kappa shape index (κ3) is 5.70. The molecule has 0 heterocycles. The van der Waals surface area contributed by atoms with Gasteiger partial charge in [-0.25, -0.2) is 8.42 Å². The number of hydrogen-bond acceptors (Lipinski definition) is 4. The van der Waals surface area contributed by atoms with E-state index < -0.39 is 22.5 Å². The minimum absolute atomic E-state index is 0.0356. The van der Waals surface area contributed by atoms with Crippen molar-refractivity contribution in [1.29, 1.82) is 0 Å². The molecule has 1 N–H and O–H groups in total. The number of anilines is 2. The van der Waals surface area contributed by atoms with Crippen LogP contribution in [0.5, 0.6) is 5.75 Å². The molecule has 162 valence electrons. The van der Waals surface area contributed by atoms with Gasteiger partial charge in [-0.3, -0.25) is 9.10 Å². The van der Waals surface area contributed by atoms with Crippen LogP contribution in [0.4, 0.5) is 11.4 Å². The van der Waals surface area contributed by atoms with Crippen LogP contribution in [0.3, 0.4) is 0 Å². The SMILES string of the molecule is CCOc1ccc(S(=O)(=O)N(CC(=O)Nc2cc(Cl)ccc2Cl)c2ccccc2)cc1. The number of benzene rings is 3. The smallest absolute Gasteiger partial charge is 0.264 e. The van der Waals surface area contributed by atoms with Crippen molar-refractivity contribution in [2.24, 2.45) is 0 Å². The Morgan fingerprint density at radius 1 is 1.00 bits per heavy atom.